The van der Waals surface area contributed by atoms with Crippen molar-refractivity contribution in [2.45, 2.75) is 0 Å². The molecule has 0 bridgehead atoms. The summed E-state index contributed by atoms with van der Waals surface area (Å²) in [7, 11) is 0. The average molecular weight is 266 g/mol. The van der Waals surface area contributed by atoms with Crippen LogP contribution in [0.1, 0.15) is 5.56 Å². The van der Waals surface area contributed by atoms with Gasteiger partial charge in [0.15, 0.2) is 5.13 Å². The Balaban J connectivity index is 2.76. The Bertz CT molecular complexity index is 657. The molecule has 0 spiro atoms. The highest BCUT2D eigenvalue weighted by atomic mass is 32.1. The molecule has 4 nitrogen and oxygen atoms in total. The summed E-state index contributed by atoms with van der Waals surface area (Å²) < 4.78 is 26.9. The predicted molar refractivity (Wildman–Crippen MR) is 61.0 cm³/mol. The molecule has 18 heavy (non-hydrogen) atoms. The Morgan fingerprint density at radius 1 is 1.39 bits per heavy atom. The van der Waals surface area contributed by atoms with Crippen molar-refractivity contribution in [3.8, 4) is 17.2 Å². The van der Waals surface area contributed by atoms with Crippen molar-refractivity contribution < 1.29 is 13.7 Å². The Morgan fingerprint density at radius 2 is 2.11 bits per heavy atom. The second kappa shape index (κ2) is 4.50. The summed E-state index contributed by atoms with van der Waals surface area (Å²) in [6.07, 6.45) is 0. The number of nitrogens with zero attached hydrogens (tertiary/aromatic N) is 2. The van der Waals surface area contributed by atoms with Crippen molar-refractivity contribution in [3.63, 3.8) is 0 Å². The first kappa shape index (κ1) is 12.1. The summed E-state index contributed by atoms with van der Waals surface area (Å²) in [6.45, 7) is 0. The second-order valence-corrected chi connectivity index (χ2v) is 4.16. The molecule has 90 valence electrons. The number of nitriles is 1. The van der Waals surface area contributed by atoms with E-state index in [2.05, 4.69) is 0 Å². The van der Waals surface area contributed by atoms with Crippen LogP contribution >= 0.6 is 11.3 Å². The van der Waals surface area contributed by atoms with Gasteiger partial charge < -0.3 is 0 Å². The van der Waals surface area contributed by atoms with Crippen LogP contribution in [0, 0.1) is 32.4 Å². The molecular weight excluding hydrogens is 262 g/mol. The third kappa shape index (κ3) is 1.94. The molecule has 0 aliphatic carbocycles. The third-order valence-electron chi connectivity index (χ3n) is 2.29. The fourth-order valence-corrected chi connectivity index (χ4v) is 2.16. The van der Waals surface area contributed by atoms with E-state index in [4.69, 9.17) is 5.26 Å². The zero-order chi connectivity index (χ0) is 13.3. The summed E-state index contributed by atoms with van der Waals surface area (Å²) in [4.78, 5) is 10.1. The van der Waals surface area contributed by atoms with Crippen LogP contribution in [-0.2, 0) is 0 Å². The number of halogens is 2. The minimum Gasteiger partial charge on any atom is -0.258 e. The second-order valence-electron chi connectivity index (χ2n) is 3.33. The first-order valence-electron chi connectivity index (χ1n) is 4.66. The molecule has 2 aromatic rings. The van der Waals surface area contributed by atoms with E-state index in [1.807, 2.05) is 0 Å². The molecule has 0 saturated heterocycles. The monoisotopic (exact) mass is 266 g/mol. The van der Waals surface area contributed by atoms with Gasteiger partial charge in [-0.2, -0.15) is 9.65 Å². The molecule has 0 radical (unpaired) electrons. The zero-order valence-corrected chi connectivity index (χ0v) is 9.50. The number of rotatable bonds is 2. The molecule has 1 aromatic carbocycles. The standard InChI is InChI=1S/C11H4F2N2O2S/c12-8-5-18-11(13)10(8)7-3-6(4-14)1-2-9(7)15(16)17/h1-3,5H. The normalized spacial score (nSPS) is 10.1. The number of thiophene rings is 1. The highest BCUT2D eigenvalue weighted by Crippen LogP contribution is 2.36. The molecule has 7 heteroatoms. The number of hydrogen-bond acceptors (Lipinski definition) is 4. The lowest BCUT2D eigenvalue weighted by Gasteiger charge is -2.02. The Morgan fingerprint density at radius 3 is 2.61 bits per heavy atom. The smallest absolute Gasteiger partial charge is 0.258 e. The highest BCUT2D eigenvalue weighted by molar-refractivity contribution is 7.08. The number of hydrogen-bond donors (Lipinski definition) is 0. The van der Waals surface area contributed by atoms with Crippen LogP contribution in [0.5, 0.6) is 0 Å². The van der Waals surface area contributed by atoms with Gasteiger partial charge in [0.25, 0.3) is 5.69 Å². The van der Waals surface area contributed by atoms with Gasteiger partial charge in [0.1, 0.15) is 5.82 Å². The van der Waals surface area contributed by atoms with E-state index < -0.39 is 27.1 Å². The summed E-state index contributed by atoms with van der Waals surface area (Å²) in [5.74, 6) is -0.879. The van der Waals surface area contributed by atoms with Gasteiger partial charge in [0.05, 0.1) is 27.7 Å². The molecule has 0 aliphatic heterocycles. The maximum atomic E-state index is 13.4. The van der Waals surface area contributed by atoms with E-state index >= 15 is 0 Å². The average Bonchev–Trinajstić information content (AvgIpc) is 2.68. The van der Waals surface area contributed by atoms with Crippen molar-refractivity contribution in [3.05, 3.63) is 50.2 Å². The van der Waals surface area contributed by atoms with Crippen LogP contribution in [-0.4, -0.2) is 4.92 Å². The van der Waals surface area contributed by atoms with Crippen LogP contribution < -0.4 is 0 Å². The van der Waals surface area contributed by atoms with Crippen molar-refractivity contribution in [2.75, 3.05) is 0 Å². The number of benzene rings is 1. The highest BCUT2D eigenvalue weighted by Gasteiger charge is 2.23. The molecule has 0 aliphatic rings. The third-order valence-corrected chi connectivity index (χ3v) is 3.03. The molecular formula is C11H4F2N2O2S. The predicted octanol–water partition coefficient (Wildman–Crippen LogP) is 3.47. The molecule has 0 amide bonds. The maximum Gasteiger partial charge on any atom is 0.277 e. The first-order chi connectivity index (χ1) is 8.54. The molecule has 2 rings (SSSR count). The van der Waals surface area contributed by atoms with Crippen LogP contribution in [0.3, 0.4) is 0 Å². The van der Waals surface area contributed by atoms with E-state index in [0.717, 1.165) is 17.5 Å². The summed E-state index contributed by atoms with van der Waals surface area (Å²) in [6, 6.07) is 5.16. The largest absolute Gasteiger partial charge is 0.277 e. The SMILES string of the molecule is N#Cc1ccc([N+](=O)[O-])c(-c2c(F)csc2F)c1. The Labute approximate surface area is 104 Å². The molecule has 0 N–H and O–H groups in total. The van der Waals surface area contributed by atoms with E-state index in [1.165, 1.54) is 6.07 Å². The Kier molecular flexibility index (Phi) is 3.04. The van der Waals surface area contributed by atoms with Gasteiger partial charge in [-0.3, -0.25) is 10.1 Å². The molecule has 0 saturated carbocycles. The fourth-order valence-electron chi connectivity index (χ4n) is 1.51. The lowest BCUT2D eigenvalue weighted by molar-refractivity contribution is -0.384. The molecule has 1 heterocycles. The minimum absolute atomic E-state index is 0.0978. The summed E-state index contributed by atoms with van der Waals surface area (Å²) in [5, 5.41) is 19.6. The molecule has 1 aromatic heterocycles. The van der Waals surface area contributed by atoms with Gasteiger partial charge in [0.2, 0.25) is 0 Å². The van der Waals surface area contributed by atoms with Crippen molar-refractivity contribution in [1.29, 1.82) is 5.26 Å². The molecule has 0 atom stereocenters. The van der Waals surface area contributed by atoms with E-state index in [0.29, 0.717) is 11.3 Å². The van der Waals surface area contributed by atoms with Gasteiger partial charge in [-0.05, 0) is 12.1 Å². The van der Waals surface area contributed by atoms with Crippen molar-refractivity contribution >= 4 is 17.0 Å². The van der Waals surface area contributed by atoms with E-state index in [9.17, 15) is 18.9 Å². The summed E-state index contributed by atoms with van der Waals surface area (Å²) in [5.41, 5.74) is -1.04. The van der Waals surface area contributed by atoms with Crippen LogP contribution in [0.4, 0.5) is 14.5 Å². The van der Waals surface area contributed by atoms with Gasteiger partial charge in [-0.15, -0.1) is 11.3 Å². The van der Waals surface area contributed by atoms with Gasteiger partial charge in [-0.1, -0.05) is 0 Å². The molecule has 0 fully saturated rings. The Hall–Kier alpha value is -2.33. The zero-order valence-electron chi connectivity index (χ0n) is 8.68. The lowest BCUT2D eigenvalue weighted by Crippen LogP contribution is -1.94. The number of nitro benzene ring substituents is 1. The number of nitro groups is 1. The van der Waals surface area contributed by atoms with Crippen molar-refractivity contribution in [2.24, 2.45) is 0 Å². The van der Waals surface area contributed by atoms with Gasteiger partial charge in [-0.25, -0.2) is 4.39 Å². The van der Waals surface area contributed by atoms with E-state index in [-0.39, 0.29) is 11.1 Å². The quantitative estimate of drug-likeness (QED) is 0.617. The van der Waals surface area contributed by atoms with Crippen molar-refractivity contribution in [1.82, 2.24) is 0 Å². The lowest BCUT2D eigenvalue weighted by atomic mass is 10.0. The van der Waals surface area contributed by atoms with Crippen LogP contribution in [0.15, 0.2) is 23.6 Å². The topological polar surface area (TPSA) is 66.9 Å². The van der Waals surface area contributed by atoms with E-state index in [1.54, 1.807) is 6.07 Å². The van der Waals surface area contributed by atoms with Crippen LogP contribution in [0.25, 0.3) is 11.1 Å². The van der Waals surface area contributed by atoms with Crippen LogP contribution in [0.2, 0.25) is 0 Å². The first-order valence-corrected chi connectivity index (χ1v) is 5.54. The van der Waals surface area contributed by atoms with Gasteiger partial charge >= 0.3 is 0 Å². The maximum absolute atomic E-state index is 13.4. The minimum atomic E-state index is -0.879. The van der Waals surface area contributed by atoms with Gasteiger partial charge in [0, 0.05) is 11.4 Å². The summed E-state index contributed by atoms with van der Waals surface area (Å²) >= 11 is 0.513. The molecule has 0 unspecified atom stereocenters. The fraction of sp³-hybridized carbons (Fsp3) is 0.